The van der Waals surface area contributed by atoms with Gasteiger partial charge in [0.15, 0.2) is 6.04 Å². The van der Waals surface area contributed by atoms with Crippen LogP contribution in [0.5, 0.6) is 0 Å². The molecule has 0 aliphatic heterocycles. The number of aliphatic carboxylic acids is 1. The maximum absolute atomic E-state index is 11.4. The summed E-state index contributed by atoms with van der Waals surface area (Å²) >= 11 is 0. The zero-order valence-corrected chi connectivity index (χ0v) is 8.88. The van der Waals surface area contributed by atoms with Gasteiger partial charge in [-0.3, -0.25) is 0 Å². The molecule has 0 radical (unpaired) electrons. The van der Waals surface area contributed by atoms with E-state index in [-0.39, 0.29) is 0 Å². The summed E-state index contributed by atoms with van der Waals surface area (Å²) in [5.74, 6) is -1.32. The lowest BCUT2D eigenvalue weighted by Crippen LogP contribution is -2.45. The number of hydrogen-bond acceptors (Lipinski definition) is 4. The predicted molar refractivity (Wildman–Crippen MR) is 61.5 cm³/mol. The van der Waals surface area contributed by atoms with Crippen molar-refractivity contribution in [2.45, 2.75) is 6.04 Å². The van der Waals surface area contributed by atoms with Crippen LogP contribution in [-0.2, 0) is 4.79 Å². The molecule has 0 bridgehead atoms. The first-order valence-electron chi connectivity index (χ1n) is 4.80. The van der Waals surface area contributed by atoms with Crippen molar-refractivity contribution in [3.63, 3.8) is 0 Å². The number of hydrogen-bond donors (Lipinski definition) is 5. The fourth-order valence-corrected chi connectivity index (χ4v) is 1.11. The molecule has 1 aromatic carbocycles. The van der Waals surface area contributed by atoms with E-state index >= 15 is 0 Å². The zero-order chi connectivity index (χ0) is 12.8. The highest BCUT2D eigenvalue weighted by molar-refractivity contribution is 5.94. The molecule has 0 fully saturated rings. The first-order valence-corrected chi connectivity index (χ1v) is 4.80. The van der Waals surface area contributed by atoms with E-state index < -0.39 is 24.6 Å². The summed E-state index contributed by atoms with van der Waals surface area (Å²) in [6.45, 7) is -0.687. The van der Waals surface area contributed by atoms with E-state index in [1.165, 1.54) is 0 Å². The molecule has 6 N–H and O–H groups in total. The maximum Gasteiger partial charge on any atom is 0.328 e. The van der Waals surface area contributed by atoms with Gasteiger partial charge in [0.2, 0.25) is 0 Å². The van der Waals surface area contributed by atoms with E-state index in [2.05, 4.69) is 10.6 Å². The molecule has 0 aromatic heterocycles. The summed E-state index contributed by atoms with van der Waals surface area (Å²) in [6, 6.07) is 4.45. The van der Waals surface area contributed by atoms with Crippen molar-refractivity contribution in [1.29, 1.82) is 0 Å². The van der Waals surface area contributed by atoms with Gasteiger partial charge in [0.25, 0.3) is 0 Å². The van der Waals surface area contributed by atoms with Crippen LogP contribution in [0.4, 0.5) is 16.2 Å². The Labute approximate surface area is 97.2 Å². The fraction of sp³-hybridized carbons (Fsp3) is 0.200. The third kappa shape index (κ3) is 3.65. The summed E-state index contributed by atoms with van der Waals surface area (Å²) in [6.07, 6.45) is 0. The Morgan fingerprint density at radius 1 is 1.35 bits per heavy atom. The number of carboxylic acids is 1. The van der Waals surface area contributed by atoms with E-state index in [0.717, 1.165) is 0 Å². The highest BCUT2D eigenvalue weighted by Gasteiger charge is 2.18. The van der Waals surface area contributed by atoms with Crippen molar-refractivity contribution in [2.24, 2.45) is 0 Å². The van der Waals surface area contributed by atoms with Crippen molar-refractivity contribution in [1.82, 2.24) is 5.32 Å². The number of nitrogens with one attached hydrogen (secondary N) is 2. The number of rotatable bonds is 4. The van der Waals surface area contributed by atoms with Crippen LogP contribution in [-0.4, -0.2) is 34.9 Å². The second kappa shape index (κ2) is 5.71. The Morgan fingerprint density at radius 2 is 2.00 bits per heavy atom. The molecule has 1 unspecified atom stereocenters. The van der Waals surface area contributed by atoms with Crippen LogP contribution in [0.25, 0.3) is 0 Å². The first kappa shape index (κ1) is 12.8. The van der Waals surface area contributed by atoms with E-state index in [4.69, 9.17) is 15.9 Å². The second-order valence-electron chi connectivity index (χ2n) is 3.26. The Balaban J connectivity index is 2.61. The number of urea groups is 1. The van der Waals surface area contributed by atoms with Crippen molar-refractivity contribution >= 4 is 23.4 Å². The van der Waals surface area contributed by atoms with Gasteiger partial charge >= 0.3 is 12.0 Å². The van der Waals surface area contributed by atoms with Crippen LogP contribution in [0.1, 0.15) is 0 Å². The standard InChI is InChI=1S/C10H13N3O4/c11-6-3-1-2-4-7(6)12-10(17)13-8(5-14)9(15)16/h1-4,8,14H,5,11H2,(H,15,16)(H2,12,13,17). The quantitative estimate of drug-likeness (QED) is 0.467. The number of aliphatic hydroxyl groups excluding tert-OH is 1. The number of carboxylic acid groups (broad SMARTS) is 1. The van der Waals surface area contributed by atoms with Gasteiger partial charge in [-0.05, 0) is 12.1 Å². The van der Waals surface area contributed by atoms with Crippen molar-refractivity contribution in [2.75, 3.05) is 17.7 Å². The Kier molecular flexibility index (Phi) is 4.29. The Bertz CT molecular complexity index is 422. The number of anilines is 2. The minimum atomic E-state index is -1.35. The van der Waals surface area contributed by atoms with Gasteiger partial charge in [0.05, 0.1) is 18.0 Å². The maximum atomic E-state index is 11.4. The number of carbonyl (C=O) groups excluding carboxylic acids is 1. The van der Waals surface area contributed by atoms with Crippen LogP contribution in [0.2, 0.25) is 0 Å². The average Bonchev–Trinajstić information content (AvgIpc) is 2.28. The third-order valence-corrected chi connectivity index (χ3v) is 1.99. The average molecular weight is 239 g/mol. The molecular formula is C10H13N3O4. The van der Waals surface area contributed by atoms with E-state index in [1.807, 2.05) is 0 Å². The molecule has 7 nitrogen and oxygen atoms in total. The summed E-state index contributed by atoms with van der Waals surface area (Å²) in [5.41, 5.74) is 6.31. The molecule has 0 saturated carbocycles. The molecule has 0 aliphatic rings. The molecule has 1 rings (SSSR count). The van der Waals surface area contributed by atoms with Crippen molar-refractivity contribution in [3.05, 3.63) is 24.3 Å². The largest absolute Gasteiger partial charge is 0.480 e. The van der Waals surface area contributed by atoms with Gasteiger partial charge in [-0.1, -0.05) is 12.1 Å². The van der Waals surface area contributed by atoms with Gasteiger partial charge < -0.3 is 26.6 Å². The molecule has 0 heterocycles. The summed E-state index contributed by atoms with van der Waals surface area (Å²) in [5, 5.41) is 21.8. The van der Waals surface area contributed by atoms with Crippen molar-refractivity contribution < 1.29 is 19.8 Å². The van der Waals surface area contributed by atoms with E-state index in [1.54, 1.807) is 24.3 Å². The lowest BCUT2D eigenvalue weighted by Gasteiger charge is -2.13. The SMILES string of the molecule is Nc1ccccc1NC(=O)NC(CO)C(=O)O. The summed E-state index contributed by atoms with van der Waals surface area (Å²) < 4.78 is 0. The van der Waals surface area contributed by atoms with Gasteiger partial charge in [-0.2, -0.15) is 0 Å². The zero-order valence-electron chi connectivity index (χ0n) is 8.88. The molecule has 0 aliphatic carbocycles. The lowest BCUT2D eigenvalue weighted by molar-refractivity contribution is -0.140. The molecule has 92 valence electrons. The number of nitrogen functional groups attached to an aromatic ring is 1. The highest BCUT2D eigenvalue weighted by atomic mass is 16.4. The monoisotopic (exact) mass is 239 g/mol. The number of benzene rings is 1. The molecule has 1 aromatic rings. The molecule has 2 amide bonds. The first-order chi connectivity index (χ1) is 8.04. The minimum Gasteiger partial charge on any atom is -0.480 e. The Morgan fingerprint density at radius 3 is 2.53 bits per heavy atom. The molecule has 0 spiro atoms. The fourth-order valence-electron chi connectivity index (χ4n) is 1.11. The number of para-hydroxylation sites is 2. The van der Waals surface area contributed by atoms with Crippen LogP contribution >= 0.6 is 0 Å². The van der Waals surface area contributed by atoms with E-state index in [9.17, 15) is 9.59 Å². The normalized spacial score (nSPS) is 11.6. The van der Waals surface area contributed by atoms with Crippen LogP contribution < -0.4 is 16.4 Å². The van der Waals surface area contributed by atoms with Gasteiger partial charge in [-0.15, -0.1) is 0 Å². The van der Waals surface area contributed by atoms with Crippen LogP contribution in [0.3, 0.4) is 0 Å². The summed E-state index contributed by atoms with van der Waals surface area (Å²) in [4.78, 5) is 21.9. The van der Waals surface area contributed by atoms with E-state index in [0.29, 0.717) is 11.4 Å². The summed E-state index contributed by atoms with van der Waals surface area (Å²) in [7, 11) is 0. The van der Waals surface area contributed by atoms with Gasteiger partial charge in [0, 0.05) is 0 Å². The van der Waals surface area contributed by atoms with Crippen molar-refractivity contribution in [3.8, 4) is 0 Å². The number of aliphatic hydroxyl groups is 1. The van der Waals surface area contributed by atoms with Crippen LogP contribution in [0, 0.1) is 0 Å². The molecule has 1 atom stereocenters. The highest BCUT2D eigenvalue weighted by Crippen LogP contribution is 2.16. The lowest BCUT2D eigenvalue weighted by atomic mass is 10.3. The number of carbonyl (C=O) groups is 2. The predicted octanol–water partition coefficient (Wildman–Crippen LogP) is -0.164. The molecular weight excluding hydrogens is 226 g/mol. The Hall–Kier alpha value is -2.28. The molecule has 17 heavy (non-hydrogen) atoms. The third-order valence-electron chi connectivity index (χ3n) is 1.99. The number of nitrogens with two attached hydrogens (primary N) is 1. The smallest absolute Gasteiger partial charge is 0.328 e. The molecule has 0 saturated heterocycles. The topological polar surface area (TPSA) is 125 Å². The minimum absolute atomic E-state index is 0.360. The van der Waals surface area contributed by atoms with Crippen LogP contribution in [0.15, 0.2) is 24.3 Å². The number of amides is 2. The van der Waals surface area contributed by atoms with Gasteiger partial charge in [-0.25, -0.2) is 9.59 Å². The second-order valence-corrected chi connectivity index (χ2v) is 3.26. The van der Waals surface area contributed by atoms with Gasteiger partial charge in [0.1, 0.15) is 0 Å². The molecule has 7 heteroatoms.